The summed E-state index contributed by atoms with van der Waals surface area (Å²) >= 11 is 0. The van der Waals surface area contributed by atoms with Crippen molar-refractivity contribution in [2.75, 3.05) is 6.61 Å². The van der Waals surface area contributed by atoms with Crippen LogP contribution in [0.25, 0.3) is 0 Å². The Morgan fingerprint density at radius 1 is 0.941 bits per heavy atom. The van der Waals surface area contributed by atoms with E-state index in [4.69, 9.17) is 33.2 Å². The molecule has 0 spiro atoms. The quantitative estimate of drug-likeness (QED) is 0.590. The van der Waals surface area contributed by atoms with Gasteiger partial charge in [0.05, 0.1) is 6.42 Å². The van der Waals surface area contributed by atoms with Gasteiger partial charge in [-0.25, -0.2) is 4.79 Å². The lowest BCUT2D eigenvalue weighted by Gasteiger charge is -2.36. The summed E-state index contributed by atoms with van der Waals surface area (Å²) in [5.74, 6) is -2.14. The lowest BCUT2D eigenvalue weighted by molar-refractivity contribution is -0.242. The van der Waals surface area contributed by atoms with Gasteiger partial charge in [0, 0.05) is 6.04 Å². The molecule has 1 aromatic carbocycles. The summed E-state index contributed by atoms with van der Waals surface area (Å²) in [5, 5.41) is 2.63. The first-order valence-electron chi connectivity index (χ1n) is 11.5. The van der Waals surface area contributed by atoms with Crippen LogP contribution in [0.1, 0.15) is 46.6 Å². The highest BCUT2D eigenvalue weighted by Gasteiger charge is 2.60. The lowest BCUT2D eigenvalue weighted by atomic mass is 9.99. The van der Waals surface area contributed by atoms with E-state index in [9.17, 15) is 9.59 Å². The monoisotopic (exact) mass is 479 g/mol. The summed E-state index contributed by atoms with van der Waals surface area (Å²) in [6.45, 7) is 9.04. The molecule has 10 nitrogen and oxygen atoms in total. The van der Waals surface area contributed by atoms with E-state index in [2.05, 4.69) is 5.32 Å². The Balaban J connectivity index is 1.24. The maximum atomic E-state index is 12.4. The first-order chi connectivity index (χ1) is 16.0. The lowest BCUT2D eigenvalue weighted by Crippen LogP contribution is -2.56. The fourth-order valence-electron chi connectivity index (χ4n) is 4.33. The van der Waals surface area contributed by atoms with E-state index in [1.807, 2.05) is 44.2 Å². The van der Waals surface area contributed by atoms with Crippen molar-refractivity contribution in [1.29, 1.82) is 0 Å². The molecule has 188 valence electrons. The number of esters is 1. The molecule has 0 unspecified atom stereocenters. The van der Waals surface area contributed by atoms with Gasteiger partial charge in [0.15, 0.2) is 17.9 Å². The third-order valence-corrected chi connectivity index (χ3v) is 5.71. The summed E-state index contributed by atoms with van der Waals surface area (Å²) in [6.07, 6.45) is -3.22. The zero-order chi connectivity index (χ0) is 24.5. The SMILES string of the molecule is C[C@@H](CC(=O)OC[C@H]1O[C@H]2OC(C)(C)O[C@@H]2[C@H]2OC(C)(C)O[C@H]21)NC(=O)OCc1ccccc1. The number of rotatable bonds is 7. The smallest absolute Gasteiger partial charge is 0.407 e. The average Bonchev–Trinajstić information content (AvgIpc) is 3.25. The van der Waals surface area contributed by atoms with Gasteiger partial charge in [-0.1, -0.05) is 30.3 Å². The topological polar surface area (TPSA) is 111 Å². The van der Waals surface area contributed by atoms with Gasteiger partial charge in [-0.05, 0) is 40.2 Å². The molecule has 0 aromatic heterocycles. The third-order valence-electron chi connectivity index (χ3n) is 5.71. The minimum atomic E-state index is -0.829. The van der Waals surface area contributed by atoms with E-state index in [1.54, 1.807) is 20.8 Å². The first kappa shape index (κ1) is 24.9. The largest absolute Gasteiger partial charge is 0.463 e. The second-order valence-electron chi connectivity index (χ2n) is 9.70. The molecule has 1 amide bonds. The minimum Gasteiger partial charge on any atom is -0.463 e. The molecule has 3 aliphatic rings. The minimum absolute atomic E-state index is 0.0250. The van der Waals surface area contributed by atoms with Gasteiger partial charge < -0.3 is 38.5 Å². The summed E-state index contributed by atoms with van der Waals surface area (Å²) in [5.41, 5.74) is 0.874. The maximum absolute atomic E-state index is 12.4. The number of nitrogens with one attached hydrogen (secondary N) is 1. The summed E-state index contributed by atoms with van der Waals surface area (Å²) in [4.78, 5) is 24.4. The van der Waals surface area contributed by atoms with Crippen molar-refractivity contribution >= 4 is 12.1 Å². The number of carbonyl (C=O) groups is 2. The molecule has 0 radical (unpaired) electrons. The highest BCUT2D eigenvalue weighted by atomic mass is 16.9. The Morgan fingerprint density at radius 3 is 2.32 bits per heavy atom. The van der Waals surface area contributed by atoms with Gasteiger partial charge in [0.25, 0.3) is 0 Å². The van der Waals surface area contributed by atoms with Gasteiger partial charge in [-0.15, -0.1) is 0 Å². The second-order valence-corrected chi connectivity index (χ2v) is 9.70. The Labute approximate surface area is 199 Å². The highest BCUT2D eigenvalue weighted by Crippen LogP contribution is 2.44. The third kappa shape index (κ3) is 6.05. The Morgan fingerprint density at radius 2 is 1.59 bits per heavy atom. The molecule has 3 saturated heterocycles. The van der Waals surface area contributed by atoms with Crippen LogP contribution in [0.5, 0.6) is 0 Å². The Hall–Kier alpha value is -2.24. The standard InChI is InChI=1S/C24H33NO9/c1-14(25-22(27)29-12-15-9-7-6-8-10-15)11-17(26)28-13-16-18-19(32-23(2,3)31-18)20-21(30-16)34-24(4,5)33-20/h6-10,14,16,18-21H,11-13H2,1-5H3,(H,25,27)/t14-,16+,18-,19-,20+,21-/m0/s1. The molecule has 0 bridgehead atoms. The van der Waals surface area contributed by atoms with Crippen LogP contribution in [-0.4, -0.2) is 67.0 Å². The van der Waals surface area contributed by atoms with Crippen LogP contribution in [0.15, 0.2) is 30.3 Å². The number of fused-ring (bicyclic) bond motifs is 3. The Kier molecular flexibility index (Phi) is 7.16. The van der Waals surface area contributed by atoms with Crippen LogP contribution in [-0.2, 0) is 44.6 Å². The Bertz CT molecular complexity index is 874. The number of amides is 1. The van der Waals surface area contributed by atoms with Gasteiger partial charge in [0.1, 0.15) is 37.6 Å². The zero-order valence-electron chi connectivity index (χ0n) is 20.1. The predicted molar refractivity (Wildman–Crippen MR) is 117 cm³/mol. The van der Waals surface area contributed by atoms with Crippen LogP contribution in [0, 0.1) is 0 Å². The molecule has 6 atom stereocenters. The normalized spacial score (nSPS) is 31.7. The highest BCUT2D eigenvalue weighted by molar-refractivity contribution is 5.72. The van der Waals surface area contributed by atoms with E-state index in [-0.39, 0.29) is 19.6 Å². The van der Waals surface area contributed by atoms with E-state index >= 15 is 0 Å². The molecular weight excluding hydrogens is 446 g/mol. The molecule has 1 aromatic rings. The fraction of sp³-hybridized carbons (Fsp3) is 0.667. The van der Waals surface area contributed by atoms with E-state index in [0.717, 1.165) is 5.56 Å². The van der Waals surface area contributed by atoms with Crippen LogP contribution < -0.4 is 5.32 Å². The molecule has 10 heteroatoms. The van der Waals surface area contributed by atoms with Crippen LogP contribution >= 0.6 is 0 Å². The van der Waals surface area contributed by atoms with Gasteiger partial charge in [-0.3, -0.25) is 4.79 Å². The van der Waals surface area contributed by atoms with Crippen molar-refractivity contribution in [1.82, 2.24) is 5.32 Å². The predicted octanol–water partition coefficient (Wildman–Crippen LogP) is 2.63. The summed E-state index contributed by atoms with van der Waals surface area (Å²) in [6, 6.07) is 8.86. The number of carbonyl (C=O) groups excluding carboxylic acids is 2. The van der Waals surface area contributed by atoms with Gasteiger partial charge >= 0.3 is 12.1 Å². The van der Waals surface area contributed by atoms with Gasteiger partial charge in [0.2, 0.25) is 0 Å². The van der Waals surface area contributed by atoms with Crippen molar-refractivity contribution in [2.24, 2.45) is 0 Å². The van der Waals surface area contributed by atoms with Crippen LogP contribution in [0.2, 0.25) is 0 Å². The fourth-order valence-corrected chi connectivity index (χ4v) is 4.33. The number of ether oxygens (including phenoxy) is 7. The van der Waals surface area contributed by atoms with Crippen molar-refractivity contribution in [3.63, 3.8) is 0 Å². The number of hydrogen-bond acceptors (Lipinski definition) is 9. The van der Waals surface area contributed by atoms with Crippen molar-refractivity contribution in [3.05, 3.63) is 35.9 Å². The molecule has 3 aliphatic heterocycles. The van der Waals surface area contributed by atoms with Crippen molar-refractivity contribution < 1.29 is 42.7 Å². The number of benzene rings is 1. The molecule has 3 fully saturated rings. The second kappa shape index (κ2) is 9.79. The molecular formula is C24H33NO9. The molecule has 0 saturated carbocycles. The van der Waals surface area contributed by atoms with Crippen molar-refractivity contribution in [2.45, 2.75) is 96.0 Å². The summed E-state index contributed by atoms with van der Waals surface area (Å²) in [7, 11) is 0. The maximum Gasteiger partial charge on any atom is 0.407 e. The molecule has 4 rings (SSSR count). The first-order valence-corrected chi connectivity index (χ1v) is 11.5. The number of alkyl carbamates (subject to hydrolysis) is 1. The van der Waals surface area contributed by atoms with Crippen molar-refractivity contribution in [3.8, 4) is 0 Å². The van der Waals surface area contributed by atoms with Crippen LogP contribution in [0.4, 0.5) is 4.79 Å². The molecule has 0 aliphatic carbocycles. The van der Waals surface area contributed by atoms with Gasteiger partial charge in [-0.2, -0.15) is 0 Å². The summed E-state index contributed by atoms with van der Waals surface area (Å²) < 4.78 is 40.5. The van der Waals surface area contributed by atoms with E-state index in [0.29, 0.717) is 0 Å². The average molecular weight is 480 g/mol. The molecule has 3 heterocycles. The van der Waals surface area contributed by atoms with Crippen LogP contribution in [0.3, 0.4) is 0 Å². The van der Waals surface area contributed by atoms with E-state index in [1.165, 1.54) is 0 Å². The number of hydrogen-bond donors (Lipinski definition) is 1. The zero-order valence-corrected chi connectivity index (χ0v) is 20.1. The van der Waals surface area contributed by atoms with E-state index < -0.39 is 60.4 Å². The molecule has 34 heavy (non-hydrogen) atoms. The molecule has 1 N–H and O–H groups in total.